The fraction of sp³-hybridized carbons (Fsp3) is 0.750. The monoisotopic (exact) mass is 373 g/mol. The maximum atomic E-state index is 5.77. The summed E-state index contributed by atoms with van der Waals surface area (Å²) in [5.41, 5.74) is 2.15. The van der Waals surface area contributed by atoms with Crippen molar-refractivity contribution in [3.8, 4) is 0 Å². The summed E-state index contributed by atoms with van der Waals surface area (Å²) in [6.07, 6.45) is 9.63. The van der Waals surface area contributed by atoms with E-state index in [0.717, 1.165) is 50.6 Å². The van der Waals surface area contributed by atoms with E-state index in [1.54, 1.807) is 7.11 Å². The Balaban J connectivity index is 1.30. The molecule has 7 heteroatoms. The van der Waals surface area contributed by atoms with E-state index in [-0.39, 0.29) is 5.60 Å². The van der Waals surface area contributed by atoms with E-state index in [4.69, 9.17) is 14.2 Å². The molecule has 0 radical (unpaired) electrons. The number of aryl methyl sites for hydroxylation is 2. The summed E-state index contributed by atoms with van der Waals surface area (Å²) in [7, 11) is 3.75. The average Bonchev–Trinajstić information content (AvgIpc) is 3.38. The number of aromatic nitrogens is 4. The number of hydrogen-bond acceptors (Lipinski definition) is 6. The van der Waals surface area contributed by atoms with Crippen molar-refractivity contribution in [2.24, 2.45) is 13.0 Å². The van der Waals surface area contributed by atoms with Crippen LogP contribution >= 0.6 is 0 Å². The van der Waals surface area contributed by atoms with Gasteiger partial charge in [-0.05, 0) is 70.0 Å². The van der Waals surface area contributed by atoms with Crippen molar-refractivity contribution in [2.75, 3.05) is 20.2 Å². The van der Waals surface area contributed by atoms with Gasteiger partial charge in [0.15, 0.2) is 0 Å². The zero-order chi connectivity index (χ0) is 18.9. The first-order valence-corrected chi connectivity index (χ1v) is 10.2. The summed E-state index contributed by atoms with van der Waals surface area (Å²) in [5.74, 6) is 2.13. The van der Waals surface area contributed by atoms with Gasteiger partial charge in [0.1, 0.15) is 5.60 Å². The lowest BCUT2D eigenvalue weighted by molar-refractivity contribution is -0.0178. The van der Waals surface area contributed by atoms with E-state index < -0.39 is 0 Å². The lowest BCUT2D eigenvalue weighted by atomic mass is 9.93. The molecule has 7 nitrogen and oxygen atoms in total. The van der Waals surface area contributed by atoms with Crippen molar-refractivity contribution in [3.05, 3.63) is 29.2 Å². The number of ether oxygens (including phenoxy) is 1. The van der Waals surface area contributed by atoms with E-state index in [9.17, 15) is 0 Å². The molecule has 2 aromatic heterocycles. The van der Waals surface area contributed by atoms with Crippen LogP contribution in [0, 0.1) is 12.8 Å². The van der Waals surface area contributed by atoms with Crippen LogP contribution in [0.2, 0.25) is 0 Å². The van der Waals surface area contributed by atoms with Gasteiger partial charge in [0.25, 0.3) is 0 Å². The second-order valence-electron chi connectivity index (χ2n) is 8.27. The second kappa shape index (κ2) is 7.72. The smallest absolute Gasteiger partial charge is 0.227 e. The van der Waals surface area contributed by atoms with Gasteiger partial charge in [-0.1, -0.05) is 5.16 Å². The predicted molar refractivity (Wildman–Crippen MR) is 101 cm³/mol. The van der Waals surface area contributed by atoms with Crippen molar-refractivity contribution in [1.82, 2.24) is 24.8 Å². The molecule has 3 heterocycles. The molecule has 148 valence electrons. The topological polar surface area (TPSA) is 69.2 Å². The van der Waals surface area contributed by atoms with Gasteiger partial charge in [-0.15, -0.1) is 0 Å². The lowest BCUT2D eigenvalue weighted by Gasteiger charge is -2.31. The first-order chi connectivity index (χ1) is 13.1. The van der Waals surface area contributed by atoms with E-state index in [0.29, 0.717) is 5.92 Å². The standard InChI is InChI=1S/C20H31N5O2/c1-15-13-24(2)22-17(15)14-25-10-6-16(7-11-25)12-18-21-19(23-27-18)20(26-3)8-4-5-9-20/h13,16H,4-12,14H2,1-3H3. The van der Waals surface area contributed by atoms with Gasteiger partial charge >= 0.3 is 0 Å². The zero-order valence-electron chi connectivity index (χ0n) is 16.8. The molecular weight excluding hydrogens is 342 g/mol. The Bertz CT molecular complexity index is 754. The van der Waals surface area contributed by atoms with E-state index in [2.05, 4.69) is 28.3 Å². The van der Waals surface area contributed by atoms with Crippen LogP contribution in [0.1, 0.15) is 61.5 Å². The van der Waals surface area contributed by atoms with Crippen molar-refractivity contribution in [1.29, 1.82) is 0 Å². The summed E-state index contributed by atoms with van der Waals surface area (Å²) in [5, 5.41) is 8.83. The van der Waals surface area contributed by atoms with Gasteiger partial charge in [-0.2, -0.15) is 10.1 Å². The number of methoxy groups -OCH3 is 1. The molecule has 0 N–H and O–H groups in total. The molecule has 0 bridgehead atoms. The number of hydrogen-bond donors (Lipinski definition) is 0. The van der Waals surface area contributed by atoms with Gasteiger partial charge in [-0.3, -0.25) is 9.58 Å². The molecule has 0 aromatic carbocycles. The third-order valence-electron chi connectivity index (χ3n) is 6.34. The summed E-state index contributed by atoms with van der Waals surface area (Å²) in [6.45, 7) is 5.28. The highest BCUT2D eigenvalue weighted by Gasteiger charge is 2.40. The van der Waals surface area contributed by atoms with Crippen molar-refractivity contribution in [2.45, 2.75) is 64.0 Å². The fourth-order valence-electron chi connectivity index (χ4n) is 4.60. The van der Waals surface area contributed by atoms with Crippen LogP contribution in [0.15, 0.2) is 10.7 Å². The Morgan fingerprint density at radius 2 is 2.00 bits per heavy atom. The molecule has 0 unspecified atom stereocenters. The van der Waals surface area contributed by atoms with Crippen LogP contribution in [0.4, 0.5) is 0 Å². The van der Waals surface area contributed by atoms with Crippen LogP contribution in [0.3, 0.4) is 0 Å². The molecule has 1 saturated heterocycles. The molecule has 4 rings (SSSR count). The zero-order valence-corrected chi connectivity index (χ0v) is 16.8. The molecule has 1 aliphatic heterocycles. The Morgan fingerprint density at radius 1 is 1.26 bits per heavy atom. The Kier molecular flexibility index (Phi) is 5.32. The van der Waals surface area contributed by atoms with E-state index in [1.165, 1.54) is 36.9 Å². The van der Waals surface area contributed by atoms with E-state index >= 15 is 0 Å². The molecule has 1 saturated carbocycles. The van der Waals surface area contributed by atoms with Gasteiger partial charge < -0.3 is 9.26 Å². The molecule has 0 atom stereocenters. The first-order valence-electron chi connectivity index (χ1n) is 10.2. The highest BCUT2D eigenvalue weighted by atomic mass is 16.5. The van der Waals surface area contributed by atoms with Crippen LogP contribution in [0.5, 0.6) is 0 Å². The molecular formula is C20H31N5O2. The molecule has 2 fully saturated rings. The highest BCUT2D eigenvalue weighted by Crippen LogP contribution is 2.40. The van der Waals surface area contributed by atoms with Gasteiger partial charge in [0.05, 0.1) is 5.69 Å². The SMILES string of the molecule is COC1(c2noc(CC3CCN(Cc4nn(C)cc4C)CC3)n2)CCCC1. The van der Waals surface area contributed by atoms with Gasteiger partial charge in [0, 0.05) is 33.3 Å². The number of likely N-dealkylation sites (tertiary alicyclic amines) is 1. The minimum Gasteiger partial charge on any atom is -0.370 e. The van der Waals surface area contributed by atoms with Crippen molar-refractivity contribution < 1.29 is 9.26 Å². The minimum absolute atomic E-state index is 0.314. The van der Waals surface area contributed by atoms with Crippen molar-refractivity contribution in [3.63, 3.8) is 0 Å². The molecule has 0 amide bonds. The van der Waals surface area contributed by atoms with E-state index in [1.807, 2.05) is 11.7 Å². The normalized spacial score (nSPS) is 21.1. The Labute approximate surface area is 161 Å². The number of rotatable bonds is 6. The van der Waals surface area contributed by atoms with Crippen LogP contribution in [-0.4, -0.2) is 45.0 Å². The lowest BCUT2D eigenvalue weighted by Crippen LogP contribution is -2.34. The second-order valence-corrected chi connectivity index (χ2v) is 8.27. The summed E-state index contributed by atoms with van der Waals surface area (Å²) in [4.78, 5) is 7.20. The third-order valence-corrected chi connectivity index (χ3v) is 6.34. The predicted octanol–water partition coefficient (Wildman–Crippen LogP) is 2.98. The fourth-order valence-corrected chi connectivity index (χ4v) is 4.60. The van der Waals surface area contributed by atoms with Gasteiger partial charge in [0.2, 0.25) is 11.7 Å². The molecule has 0 spiro atoms. The quantitative estimate of drug-likeness (QED) is 0.775. The molecule has 2 aliphatic rings. The Hall–Kier alpha value is -1.73. The average molecular weight is 374 g/mol. The van der Waals surface area contributed by atoms with Crippen LogP contribution in [-0.2, 0) is 30.4 Å². The first kappa shape index (κ1) is 18.6. The molecule has 27 heavy (non-hydrogen) atoms. The highest BCUT2D eigenvalue weighted by molar-refractivity contribution is 5.14. The van der Waals surface area contributed by atoms with Crippen LogP contribution < -0.4 is 0 Å². The minimum atomic E-state index is -0.314. The number of piperidine rings is 1. The van der Waals surface area contributed by atoms with Gasteiger partial charge in [-0.25, -0.2) is 0 Å². The maximum absolute atomic E-state index is 5.77. The summed E-state index contributed by atoms with van der Waals surface area (Å²) >= 11 is 0. The third kappa shape index (κ3) is 3.94. The maximum Gasteiger partial charge on any atom is 0.227 e. The molecule has 1 aliphatic carbocycles. The van der Waals surface area contributed by atoms with Crippen molar-refractivity contribution >= 4 is 0 Å². The summed E-state index contributed by atoms with van der Waals surface area (Å²) < 4.78 is 13.3. The Morgan fingerprint density at radius 3 is 2.63 bits per heavy atom. The largest absolute Gasteiger partial charge is 0.370 e. The summed E-state index contributed by atoms with van der Waals surface area (Å²) in [6, 6.07) is 0. The van der Waals surface area contributed by atoms with Crippen LogP contribution in [0.25, 0.3) is 0 Å². The molecule has 2 aromatic rings. The number of nitrogens with zero attached hydrogens (tertiary/aromatic N) is 5.